The van der Waals surface area contributed by atoms with E-state index >= 15 is 0 Å². The normalized spacial score (nSPS) is 14.5. The molecule has 13 heavy (non-hydrogen) atoms. The van der Waals surface area contributed by atoms with Crippen LogP contribution in [-0.4, -0.2) is 12.7 Å². The lowest BCUT2D eigenvalue weighted by Crippen LogP contribution is -2.26. The number of hydrogen-bond donors (Lipinski definition) is 0. The van der Waals surface area contributed by atoms with Gasteiger partial charge in [0.25, 0.3) is 0 Å². The van der Waals surface area contributed by atoms with Crippen molar-refractivity contribution < 1.29 is 4.74 Å². The van der Waals surface area contributed by atoms with Crippen molar-refractivity contribution in [2.24, 2.45) is 5.92 Å². The first-order chi connectivity index (χ1) is 6.05. The van der Waals surface area contributed by atoms with Gasteiger partial charge in [-0.15, -0.1) is 0 Å². The Kier molecular flexibility index (Phi) is 6.40. The highest BCUT2D eigenvalue weighted by Gasteiger charge is 2.21. The van der Waals surface area contributed by atoms with Gasteiger partial charge in [-0.3, -0.25) is 0 Å². The second-order valence-electron chi connectivity index (χ2n) is 4.58. The third-order valence-electron chi connectivity index (χ3n) is 2.88. The molecule has 0 N–H and O–H groups in total. The zero-order valence-corrected chi connectivity index (χ0v) is 10.0. The van der Waals surface area contributed by atoms with Crippen LogP contribution in [0.4, 0.5) is 0 Å². The van der Waals surface area contributed by atoms with Crippen molar-refractivity contribution >= 4 is 0 Å². The summed E-state index contributed by atoms with van der Waals surface area (Å²) in [4.78, 5) is 0. The molecule has 0 aromatic rings. The van der Waals surface area contributed by atoms with Crippen molar-refractivity contribution in [1.82, 2.24) is 0 Å². The maximum Gasteiger partial charge on any atom is 0.0625 e. The van der Waals surface area contributed by atoms with Crippen molar-refractivity contribution in [2.75, 3.05) is 7.11 Å². The van der Waals surface area contributed by atoms with E-state index in [1.807, 2.05) is 7.11 Å². The molecule has 0 spiro atoms. The third-order valence-corrected chi connectivity index (χ3v) is 2.88. The highest BCUT2D eigenvalue weighted by molar-refractivity contribution is 4.73. The summed E-state index contributed by atoms with van der Waals surface area (Å²) in [5.74, 6) is 0.842. The van der Waals surface area contributed by atoms with Gasteiger partial charge >= 0.3 is 0 Å². The van der Waals surface area contributed by atoms with Crippen LogP contribution in [0.2, 0.25) is 0 Å². The standard InChI is InChI=1S/C12H26O/c1-6-8-9-11(7-2)10-12(3,4)13-5/h11H,6-10H2,1-5H3. The second kappa shape index (κ2) is 6.42. The van der Waals surface area contributed by atoms with E-state index in [0.717, 1.165) is 5.92 Å². The molecule has 1 nitrogen and oxygen atoms in total. The monoisotopic (exact) mass is 186 g/mol. The molecule has 0 aliphatic heterocycles. The van der Waals surface area contributed by atoms with Gasteiger partial charge in [0.05, 0.1) is 5.60 Å². The molecule has 0 saturated carbocycles. The number of methoxy groups -OCH3 is 1. The second-order valence-corrected chi connectivity index (χ2v) is 4.58. The topological polar surface area (TPSA) is 9.23 Å². The molecule has 1 heteroatoms. The SMILES string of the molecule is CCCCC(CC)CC(C)(C)OC. The van der Waals surface area contributed by atoms with Gasteiger partial charge in [0.2, 0.25) is 0 Å². The predicted octanol–water partition coefficient (Wildman–Crippen LogP) is 4.02. The molecule has 0 aliphatic carbocycles. The van der Waals surface area contributed by atoms with Crippen molar-refractivity contribution in [3.05, 3.63) is 0 Å². The van der Waals surface area contributed by atoms with Crippen LogP contribution in [0.5, 0.6) is 0 Å². The Bertz CT molecular complexity index is 118. The summed E-state index contributed by atoms with van der Waals surface area (Å²) in [5.41, 5.74) is 0.0639. The van der Waals surface area contributed by atoms with E-state index < -0.39 is 0 Å². The van der Waals surface area contributed by atoms with Gasteiger partial charge in [0.1, 0.15) is 0 Å². The molecule has 0 bridgehead atoms. The van der Waals surface area contributed by atoms with Crippen molar-refractivity contribution in [3.8, 4) is 0 Å². The van der Waals surface area contributed by atoms with E-state index in [1.165, 1.54) is 32.1 Å². The van der Waals surface area contributed by atoms with E-state index in [-0.39, 0.29) is 5.60 Å². The Morgan fingerprint density at radius 3 is 2.23 bits per heavy atom. The molecule has 1 unspecified atom stereocenters. The minimum atomic E-state index is 0.0639. The molecule has 0 saturated heterocycles. The van der Waals surface area contributed by atoms with E-state index in [0.29, 0.717) is 0 Å². The lowest BCUT2D eigenvalue weighted by Gasteiger charge is -2.28. The lowest BCUT2D eigenvalue weighted by atomic mass is 9.88. The molecule has 0 aromatic heterocycles. The molecule has 1 atom stereocenters. The Morgan fingerprint density at radius 2 is 1.85 bits per heavy atom. The molecule has 0 radical (unpaired) electrons. The molecule has 0 amide bonds. The minimum Gasteiger partial charge on any atom is -0.379 e. The third kappa shape index (κ3) is 6.09. The van der Waals surface area contributed by atoms with Crippen LogP contribution in [0.3, 0.4) is 0 Å². The van der Waals surface area contributed by atoms with Gasteiger partial charge in [-0.05, 0) is 26.2 Å². The molecule has 0 aliphatic rings. The maximum atomic E-state index is 5.45. The Labute approximate surface area is 83.9 Å². The fourth-order valence-electron chi connectivity index (χ4n) is 1.72. The van der Waals surface area contributed by atoms with E-state index in [1.54, 1.807) is 0 Å². The zero-order valence-electron chi connectivity index (χ0n) is 10.0. The van der Waals surface area contributed by atoms with Gasteiger partial charge < -0.3 is 4.74 Å². The summed E-state index contributed by atoms with van der Waals surface area (Å²) in [5, 5.41) is 0. The highest BCUT2D eigenvalue weighted by atomic mass is 16.5. The average molecular weight is 186 g/mol. The predicted molar refractivity (Wildman–Crippen MR) is 59.0 cm³/mol. The maximum absolute atomic E-state index is 5.45. The highest BCUT2D eigenvalue weighted by Crippen LogP contribution is 2.25. The molecule has 0 aromatic carbocycles. The molecule has 0 heterocycles. The Balaban J connectivity index is 3.82. The Morgan fingerprint density at radius 1 is 1.23 bits per heavy atom. The average Bonchev–Trinajstić information content (AvgIpc) is 2.12. The van der Waals surface area contributed by atoms with Gasteiger partial charge in [-0.25, -0.2) is 0 Å². The first-order valence-corrected chi connectivity index (χ1v) is 5.60. The van der Waals surface area contributed by atoms with E-state index in [9.17, 15) is 0 Å². The van der Waals surface area contributed by atoms with Crippen LogP contribution in [0.1, 0.15) is 59.8 Å². The molecule has 0 rings (SSSR count). The quantitative estimate of drug-likeness (QED) is 0.583. The summed E-state index contributed by atoms with van der Waals surface area (Å²) >= 11 is 0. The number of hydrogen-bond acceptors (Lipinski definition) is 1. The summed E-state index contributed by atoms with van der Waals surface area (Å²) in [6.07, 6.45) is 6.51. The van der Waals surface area contributed by atoms with Gasteiger partial charge in [0, 0.05) is 7.11 Å². The molecule has 0 fully saturated rings. The van der Waals surface area contributed by atoms with Crippen LogP contribution < -0.4 is 0 Å². The van der Waals surface area contributed by atoms with Crippen LogP contribution in [0, 0.1) is 5.92 Å². The van der Waals surface area contributed by atoms with Gasteiger partial charge in [0.15, 0.2) is 0 Å². The number of ether oxygens (including phenoxy) is 1. The van der Waals surface area contributed by atoms with E-state index in [4.69, 9.17) is 4.74 Å². The Hall–Kier alpha value is -0.0400. The zero-order chi connectivity index (χ0) is 10.3. The summed E-state index contributed by atoms with van der Waals surface area (Å²) in [6, 6.07) is 0. The minimum absolute atomic E-state index is 0.0639. The first-order valence-electron chi connectivity index (χ1n) is 5.60. The summed E-state index contributed by atoms with van der Waals surface area (Å²) < 4.78 is 5.45. The fraction of sp³-hybridized carbons (Fsp3) is 1.00. The van der Waals surface area contributed by atoms with Crippen molar-refractivity contribution in [2.45, 2.75) is 65.4 Å². The molecular weight excluding hydrogens is 160 g/mol. The van der Waals surface area contributed by atoms with Crippen LogP contribution in [0.25, 0.3) is 0 Å². The summed E-state index contributed by atoms with van der Waals surface area (Å²) in [7, 11) is 1.81. The largest absolute Gasteiger partial charge is 0.379 e. The fourth-order valence-corrected chi connectivity index (χ4v) is 1.72. The van der Waals surface area contributed by atoms with Gasteiger partial charge in [-0.2, -0.15) is 0 Å². The van der Waals surface area contributed by atoms with Crippen molar-refractivity contribution in [3.63, 3.8) is 0 Å². The first kappa shape index (κ1) is 13.0. The molecular formula is C12H26O. The lowest BCUT2D eigenvalue weighted by molar-refractivity contribution is 0.000298. The molecule has 80 valence electrons. The van der Waals surface area contributed by atoms with E-state index in [2.05, 4.69) is 27.7 Å². The summed E-state index contributed by atoms with van der Waals surface area (Å²) in [6.45, 7) is 8.91. The van der Waals surface area contributed by atoms with Crippen molar-refractivity contribution in [1.29, 1.82) is 0 Å². The number of unbranched alkanes of at least 4 members (excludes halogenated alkanes) is 1. The smallest absolute Gasteiger partial charge is 0.0625 e. The van der Waals surface area contributed by atoms with Crippen LogP contribution >= 0.6 is 0 Å². The number of rotatable bonds is 7. The van der Waals surface area contributed by atoms with Crippen LogP contribution in [0.15, 0.2) is 0 Å². The van der Waals surface area contributed by atoms with Crippen LogP contribution in [-0.2, 0) is 4.74 Å². The van der Waals surface area contributed by atoms with Gasteiger partial charge in [-0.1, -0.05) is 39.5 Å².